The van der Waals surface area contributed by atoms with Gasteiger partial charge >= 0.3 is 5.97 Å². The third-order valence-electron chi connectivity index (χ3n) is 2.27. The lowest BCUT2D eigenvalue weighted by atomic mass is 10.3. The Kier molecular flexibility index (Phi) is 3.89. The molecular weight excluding hydrogens is 286 g/mol. The van der Waals surface area contributed by atoms with Crippen molar-refractivity contribution in [3.05, 3.63) is 36.7 Å². The minimum atomic E-state index is -3.80. The number of hydrogen-bond acceptors (Lipinski definition) is 5. The van der Waals surface area contributed by atoms with Gasteiger partial charge in [0, 0.05) is 6.20 Å². The normalized spacial score (nSPS) is 11.0. The predicted molar refractivity (Wildman–Crippen MR) is 69.0 cm³/mol. The maximum Gasteiger partial charge on any atom is 0.341 e. The summed E-state index contributed by atoms with van der Waals surface area (Å²) in [7, 11) is -3.80. The van der Waals surface area contributed by atoms with Crippen molar-refractivity contribution in [3.8, 4) is 5.75 Å². The molecule has 8 nitrogen and oxygen atoms in total. The number of ether oxygens (including phenoxy) is 1. The molecule has 1 aromatic heterocycles. The Morgan fingerprint density at radius 2 is 2.15 bits per heavy atom. The average Bonchev–Trinajstić information content (AvgIpc) is 2.92. The van der Waals surface area contributed by atoms with Crippen LogP contribution >= 0.6 is 0 Å². The van der Waals surface area contributed by atoms with Crippen LogP contribution < -0.4 is 9.46 Å². The molecule has 1 aromatic carbocycles. The number of nitrogens with zero attached hydrogens (tertiary/aromatic N) is 1. The van der Waals surface area contributed by atoms with E-state index in [9.17, 15) is 13.2 Å². The van der Waals surface area contributed by atoms with Crippen molar-refractivity contribution in [1.29, 1.82) is 0 Å². The van der Waals surface area contributed by atoms with Crippen molar-refractivity contribution in [3.63, 3.8) is 0 Å². The molecule has 0 radical (unpaired) electrons. The number of aliphatic carboxylic acids is 1. The highest BCUT2D eigenvalue weighted by molar-refractivity contribution is 7.92. The molecule has 0 unspecified atom stereocenters. The van der Waals surface area contributed by atoms with E-state index in [-0.39, 0.29) is 16.3 Å². The zero-order valence-corrected chi connectivity index (χ0v) is 10.9. The molecule has 0 spiro atoms. The molecule has 3 N–H and O–H groups in total. The first-order chi connectivity index (χ1) is 9.49. The molecule has 20 heavy (non-hydrogen) atoms. The standard InChI is InChI=1S/C11H11N3O5S/c15-11(16)7-19-10-4-2-1-3-9(10)14-20(17,18)8-5-12-13-6-8/h1-6,14H,7H2,(H,12,13)(H,15,16). The quantitative estimate of drug-likeness (QED) is 0.720. The van der Waals surface area contributed by atoms with Gasteiger partial charge in [0.15, 0.2) is 6.61 Å². The number of para-hydroxylation sites is 2. The Bertz CT molecular complexity index is 697. The summed E-state index contributed by atoms with van der Waals surface area (Å²) >= 11 is 0. The van der Waals surface area contributed by atoms with Crippen molar-refractivity contribution >= 4 is 21.7 Å². The number of H-pyrrole nitrogens is 1. The van der Waals surface area contributed by atoms with E-state index < -0.39 is 22.6 Å². The van der Waals surface area contributed by atoms with Gasteiger partial charge in [0.1, 0.15) is 10.6 Å². The van der Waals surface area contributed by atoms with E-state index >= 15 is 0 Å². The van der Waals surface area contributed by atoms with Crippen molar-refractivity contribution < 1.29 is 23.1 Å². The Labute approximate surface area is 114 Å². The fourth-order valence-corrected chi connectivity index (χ4v) is 2.38. The Hall–Kier alpha value is -2.55. The summed E-state index contributed by atoms with van der Waals surface area (Å²) in [5.74, 6) is -1.03. The van der Waals surface area contributed by atoms with E-state index in [4.69, 9.17) is 9.84 Å². The molecule has 0 atom stereocenters. The lowest BCUT2D eigenvalue weighted by Crippen LogP contribution is -2.15. The van der Waals surface area contributed by atoms with E-state index in [2.05, 4.69) is 14.9 Å². The highest BCUT2D eigenvalue weighted by Crippen LogP contribution is 2.26. The first-order valence-corrected chi connectivity index (χ1v) is 6.92. The fraction of sp³-hybridized carbons (Fsp3) is 0.0909. The number of carbonyl (C=O) groups is 1. The molecule has 2 rings (SSSR count). The summed E-state index contributed by atoms with van der Waals surface area (Å²) in [6, 6.07) is 6.14. The highest BCUT2D eigenvalue weighted by atomic mass is 32.2. The molecule has 9 heteroatoms. The van der Waals surface area contributed by atoms with Crippen molar-refractivity contribution in [2.75, 3.05) is 11.3 Å². The zero-order chi connectivity index (χ0) is 14.6. The second-order valence-electron chi connectivity index (χ2n) is 3.72. The SMILES string of the molecule is O=C(O)COc1ccccc1NS(=O)(=O)c1cn[nH]c1. The van der Waals surface area contributed by atoms with Crippen molar-refractivity contribution in [1.82, 2.24) is 10.2 Å². The number of anilines is 1. The van der Waals surface area contributed by atoms with Crippen LogP contribution in [0.5, 0.6) is 5.75 Å². The van der Waals surface area contributed by atoms with Crippen LogP contribution in [0.4, 0.5) is 5.69 Å². The number of rotatable bonds is 6. The van der Waals surface area contributed by atoms with Gasteiger partial charge in [0.25, 0.3) is 10.0 Å². The summed E-state index contributed by atoms with van der Waals surface area (Å²) in [4.78, 5) is 10.4. The molecule has 0 saturated carbocycles. The first-order valence-electron chi connectivity index (χ1n) is 5.44. The molecule has 0 aliphatic rings. The van der Waals surface area contributed by atoms with Gasteiger partial charge in [0.2, 0.25) is 0 Å². The van der Waals surface area contributed by atoms with Crippen LogP contribution in [0, 0.1) is 0 Å². The van der Waals surface area contributed by atoms with Crippen LogP contribution in [-0.4, -0.2) is 36.3 Å². The second-order valence-corrected chi connectivity index (χ2v) is 5.40. The monoisotopic (exact) mass is 297 g/mol. The molecule has 0 fully saturated rings. The van der Waals surface area contributed by atoms with Crippen LogP contribution in [-0.2, 0) is 14.8 Å². The van der Waals surface area contributed by atoms with E-state index in [0.29, 0.717) is 0 Å². The van der Waals surface area contributed by atoms with Crippen LogP contribution in [0.2, 0.25) is 0 Å². The number of nitrogens with one attached hydrogen (secondary N) is 2. The fourth-order valence-electron chi connectivity index (χ4n) is 1.41. The third kappa shape index (κ3) is 3.26. The second kappa shape index (κ2) is 5.61. The van der Waals surface area contributed by atoms with Crippen molar-refractivity contribution in [2.45, 2.75) is 4.90 Å². The molecule has 0 bridgehead atoms. The number of benzene rings is 1. The number of sulfonamides is 1. The zero-order valence-electron chi connectivity index (χ0n) is 10.1. The minimum absolute atomic E-state index is 0.0365. The summed E-state index contributed by atoms with van der Waals surface area (Å²) < 4.78 is 31.3. The van der Waals surface area contributed by atoms with Crippen LogP contribution in [0.3, 0.4) is 0 Å². The van der Waals surface area contributed by atoms with Gasteiger partial charge in [-0.05, 0) is 12.1 Å². The molecule has 0 aliphatic heterocycles. The third-order valence-corrected chi connectivity index (χ3v) is 3.60. The van der Waals surface area contributed by atoms with E-state index in [1.54, 1.807) is 12.1 Å². The number of carboxylic acids is 1. The molecule has 106 valence electrons. The predicted octanol–water partition coefficient (Wildman–Crippen LogP) is 0.674. The molecule has 1 heterocycles. The van der Waals surface area contributed by atoms with Crippen molar-refractivity contribution in [2.24, 2.45) is 0 Å². The van der Waals surface area contributed by atoms with Crippen LogP contribution in [0.1, 0.15) is 0 Å². The summed E-state index contributed by atoms with van der Waals surface area (Å²) in [5, 5.41) is 14.5. The van der Waals surface area contributed by atoms with Gasteiger partial charge in [-0.15, -0.1) is 0 Å². The maximum absolute atomic E-state index is 12.0. The number of carboxylic acid groups (broad SMARTS) is 1. The smallest absolute Gasteiger partial charge is 0.341 e. The average molecular weight is 297 g/mol. The van der Waals surface area contributed by atoms with Gasteiger partial charge in [-0.25, -0.2) is 13.2 Å². The minimum Gasteiger partial charge on any atom is -0.480 e. The topological polar surface area (TPSA) is 121 Å². The van der Waals surface area contributed by atoms with E-state index in [1.807, 2.05) is 0 Å². The number of aromatic nitrogens is 2. The number of hydrogen-bond donors (Lipinski definition) is 3. The Morgan fingerprint density at radius 1 is 1.40 bits per heavy atom. The molecule has 0 amide bonds. The van der Waals surface area contributed by atoms with Gasteiger partial charge in [-0.3, -0.25) is 9.82 Å². The van der Waals surface area contributed by atoms with Gasteiger partial charge in [-0.1, -0.05) is 12.1 Å². The first kappa shape index (κ1) is 13.9. The van der Waals surface area contributed by atoms with E-state index in [1.165, 1.54) is 18.3 Å². The molecule has 0 aliphatic carbocycles. The van der Waals surface area contributed by atoms with Gasteiger partial charge in [-0.2, -0.15) is 5.10 Å². The number of aromatic amines is 1. The summed E-state index contributed by atoms with van der Waals surface area (Å²) in [6.07, 6.45) is 2.38. The summed E-state index contributed by atoms with van der Waals surface area (Å²) in [6.45, 7) is -0.565. The van der Waals surface area contributed by atoms with Crippen LogP contribution in [0.25, 0.3) is 0 Å². The van der Waals surface area contributed by atoms with E-state index in [0.717, 1.165) is 6.20 Å². The lowest BCUT2D eigenvalue weighted by Gasteiger charge is -2.11. The maximum atomic E-state index is 12.0. The largest absolute Gasteiger partial charge is 0.480 e. The molecule has 0 saturated heterocycles. The van der Waals surface area contributed by atoms with Gasteiger partial charge in [0.05, 0.1) is 11.9 Å². The Morgan fingerprint density at radius 3 is 2.80 bits per heavy atom. The highest BCUT2D eigenvalue weighted by Gasteiger charge is 2.17. The Balaban J connectivity index is 2.23. The van der Waals surface area contributed by atoms with Crippen LogP contribution in [0.15, 0.2) is 41.6 Å². The molecular formula is C11H11N3O5S. The van der Waals surface area contributed by atoms with Gasteiger partial charge < -0.3 is 9.84 Å². The lowest BCUT2D eigenvalue weighted by molar-refractivity contribution is -0.139. The summed E-state index contributed by atoms with van der Waals surface area (Å²) in [5.41, 5.74) is 0.148. The molecule has 2 aromatic rings.